The number of anilines is 1. The summed E-state index contributed by atoms with van der Waals surface area (Å²) in [5.74, 6) is 0. The second kappa shape index (κ2) is 4.63. The summed E-state index contributed by atoms with van der Waals surface area (Å²) in [4.78, 5) is 15.2. The van der Waals surface area contributed by atoms with Gasteiger partial charge >= 0.3 is 0 Å². The second-order valence-corrected chi connectivity index (χ2v) is 3.07. The third-order valence-electron chi connectivity index (χ3n) is 1.71. The fourth-order valence-corrected chi connectivity index (χ4v) is 1.10. The number of nitriles is 1. The SMILES string of the molecule is N#CCCCn1cnc(Cl)c(N)c1=O. The Hall–Kier alpha value is -1.54. The van der Waals surface area contributed by atoms with Crippen LogP contribution in [0.25, 0.3) is 0 Å². The van der Waals surface area contributed by atoms with Crippen LogP contribution in [0.4, 0.5) is 5.69 Å². The Balaban J connectivity index is 2.85. The lowest BCUT2D eigenvalue weighted by atomic mass is 10.3. The smallest absolute Gasteiger partial charge is 0.278 e. The van der Waals surface area contributed by atoms with Gasteiger partial charge in [0.15, 0.2) is 5.15 Å². The molecule has 0 spiro atoms. The maximum absolute atomic E-state index is 11.4. The van der Waals surface area contributed by atoms with E-state index in [1.165, 1.54) is 10.9 Å². The highest BCUT2D eigenvalue weighted by atomic mass is 35.5. The van der Waals surface area contributed by atoms with E-state index in [0.29, 0.717) is 19.4 Å². The summed E-state index contributed by atoms with van der Waals surface area (Å²) in [6.07, 6.45) is 2.33. The van der Waals surface area contributed by atoms with Gasteiger partial charge in [-0.2, -0.15) is 5.26 Å². The molecule has 0 bridgehead atoms. The van der Waals surface area contributed by atoms with Gasteiger partial charge < -0.3 is 5.73 Å². The van der Waals surface area contributed by atoms with E-state index in [2.05, 4.69) is 4.98 Å². The number of rotatable bonds is 3. The zero-order valence-electron chi connectivity index (χ0n) is 7.40. The quantitative estimate of drug-likeness (QED) is 0.593. The molecular formula is C8H9ClN4O. The molecule has 1 heterocycles. The third-order valence-corrected chi connectivity index (χ3v) is 2.01. The molecule has 0 aliphatic carbocycles. The number of nitrogens with zero attached hydrogens (tertiary/aromatic N) is 3. The van der Waals surface area contributed by atoms with Crippen molar-refractivity contribution in [3.8, 4) is 6.07 Å². The van der Waals surface area contributed by atoms with Gasteiger partial charge in [-0.15, -0.1) is 0 Å². The summed E-state index contributed by atoms with van der Waals surface area (Å²) in [6, 6.07) is 1.99. The first-order chi connectivity index (χ1) is 6.66. The number of nitrogen functional groups attached to an aromatic ring is 1. The minimum atomic E-state index is -0.358. The highest BCUT2D eigenvalue weighted by Gasteiger charge is 2.05. The molecule has 0 aromatic carbocycles. The van der Waals surface area contributed by atoms with Crippen LogP contribution in [0.1, 0.15) is 12.8 Å². The number of aryl methyl sites for hydroxylation is 1. The molecule has 1 aromatic rings. The van der Waals surface area contributed by atoms with E-state index in [9.17, 15) is 4.79 Å². The molecular weight excluding hydrogens is 204 g/mol. The molecule has 0 aliphatic rings. The second-order valence-electron chi connectivity index (χ2n) is 2.71. The van der Waals surface area contributed by atoms with Crippen LogP contribution in [0, 0.1) is 11.3 Å². The maximum atomic E-state index is 11.4. The average Bonchev–Trinajstić information content (AvgIpc) is 2.18. The summed E-state index contributed by atoms with van der Waals surface area (Å²) in [5.41, 5.74) is 4.99. The van der Waals surface area contributed by atoms with E-state index >= 15 is 0 Å². The summed E-state index contributed by atoms with van der Waals surface area (Å²) in [6.45, 7) is 0.431. The van der Waals surface area contributed by atoms with E-state index < -0.39 is 0 Å². The van der Waals surface area contributed by atoms with E-state index in [-0.39, 0.29) is 16.4 Å². The third kappa shape index (κ3) is 2.24. The number of unbranched alkanes of at least 4 members (excludes halogenated alkanes) is 1. The fraction of sp³-hybridized carbons (Fsp3) is 0.375. The lowest BCUT2D eigenvalue weighted by molar-refractivity contribution is 0.622. The van der Waals surface area contributed by atoms with E-state index in [4.69, 9.17) is 22.6 Å². The Morgan fingerprint density at radius 1 is 1.71 bits per heavy atom. The molecule has 0 aliphatic heterocycles. The Morgan fingerprint density at radius 2 is 2.43 bits per heavy atom. The van der Waals surface area contributed by atoms with Crippen molar-refractivity contribution in [2.45, 2.75) is 19.4 Å². The standard InChI is InChI=1S/C8H9ClN4O/c9-7-6(11)8(14)13(5-12-7)4-2-1-3-10/h5H,1-2,4,11H2. The van der Waals surface area contributed by atoms with Gasteiger partial charge in [0, 0.05) is 13.0 Å². The van der Waals surface area contributed by atoms with Gasteiger partial charge in [-0.05, 0) is 6.42 Å². The lowest BCUT2D eigenvalue weighted by Gasteiger charge is -2.04. The number of aromatic nitrogens is 2. The molecule has 2 N–H and O–H groups in total. The summed E-state index contributed by atoms with van der Waals surface area (Å²) < 4.78 is 1.35. The van der Waals surface area contributed by atoms with E-state index in [0.717, 1.165) is 0 Å². The Labute approximate surface area is 85.7 Å². The number of nitrogens with two attached hydrogens (primary N) is 1. The minimum absolute atomic E-state index is 0.0199. The van der Waals surface area contributed by atoms with E-state index in [1.807, 2.05) is 6.07 Å². The van der Waals surface area contributed by atoms with E-state index in [1.54, 1.807) is 0 Å². The summed E-state index contributed by atoms with van der Waals surface area (Å²) >= 11 is 5.55. The molecule has 5 nitrogen and oxygen atoms in total. The normalized spacial score (nSPS) is 9.71. The predicted octanol–water partition coefficient (Wildman–Crippen LogP) is 0.783. The zero-order valence-corrected chi connectivity index (χ0v) is 8.16. The van der Waals surface area contributed by atoms with Crippen molar-refractivity contribution in [2.24, 2.45) is 0 Å². The first-order valence-corrected chi connectivity index (χ1v) is 4.42. The molecule has 0 unspecified atom stereocenters. The highest BCUT2D eigenvalue weighted by molar-refractivity contribution is 6.31. The Bertz CT molecular complexity index is 420. The van der Waals surface area contributed by atoms with Crippen LogP contribution in [-0.4, -0.2) is 9.55 Å². The van der Waals surface area contributed by atoms with Crippen LogP contribution >= 0.6 is 11.6 Å². The van der Waals surface area contributed by atoms with Crippen molar-refractivity contribution < 1.29 is 0 Å². The van der Waals surface area contributed by atoms with Crippen LogP contribution in [-0.2, 0) is 6.54 Å². The van der Waals surface area contributed by atoms with Gasteiger partial charge in [-0.3, -0.25) is 9.36 Å². The molecule has 0 saturated heterocycles. The van der Waals surface area contributed by atoms with Crippen molar-refractivity contribution in [3.05, 3.63) is 21.8 Å². The number of hydrogen-bond donors (Lipinski definition) is 1. The monoisotopic (exact) mass is 212 g/mol. The molecule has 0 saturated carbocycles. The largest absolute Gasteiger partial charge is 0.392 e. The molecule has 1 rings (SSSR count). The molecule has 0 fully saturated rings. The van der Waals surface area contributed by atoms with Gasteiger partial charge in [-0.25, -0.2) is 4.98 Å². The van der Waals surface area contributed by atoms with Crippen molar-refractivity contribution in [1.29, 1.82) is 5.26 Å². The first-order valence-electron chi connectivity index (χ1n) is 4.04. The maximum Gasteiger partial charge on any atom is 0.278 e. The van der Waals surface area contributed by atoms with Crippen molar-refractivity contribution in [3.63, 3.8) is 0 Å². The predicted molar refractivity (Wildman–Crippen MR) is 52.8 cm³/mol. The zero-order chi connectivity index (χ0) is 10.6. The number of hydrogen-bond acceptors (Lipinski definition) is 4. The van der Waals surface area contributed by atoms with Crippen LogP contribution in [0.2, 0.25) is 5.15 Å². The Kier molecular flexibility index (Phi) is 3.48. The van der Waals surface area contributed by atoms with Crippen molar-refractivity contribution >= 4 is 17.3 Å². The van der Waals surface area contributed by atoms with Gasteiger partial charge in [0.1, 0.15) is 5.69 Å². The first kappa shape index (κ1) is 10.5. The molecule has 74 valence electrons. The topological polar surface area (TPSA) is 84.7 Å². The molecule has 6 heteroatoms. The fourth-order valence-electron chi connectivity index (χ4n) is 0.973. The van der Waals surface area contributed by atoms with Crippen LogP contribution in [0.5, 0.6) is 0 Å². The van der Waals surface area contributed by atoms with Gasteiger partial charge in [0.2, 0.25) is 0 Å². The molecule has 1 aromatic heterocycles. The van der Waals surface area contributed by atoms with Crippen LogP contribution < -0.4 is 11.3 Å². The summed E-state index contributed by atoms with van der Waals surface area (Å²) in [7, 11) is 0. The van der Waals surface area contributed by atoms with Crippen molar-refractivity contribution in [1.82, 2.24) is 9.55 Å². The minimum Gasteiger partial charge on any atom is -0.392 e. The van der Waals surface area contributed by atoms with Gasteiger partial charge in [0.25, 0.3) is 5.56 Å². The van der Waals surface area contributed by atoms with Crippen LogP contribution in [0.3, 0.4) is 0 Å². The molecule has 0 atom stereocenters. The van der Waals surface area contributed by atoms with Gasteiger partial charge in [-0.1, -0.05) is 11.6 Å². The number of halogens is 1. The van der Waals surface area contributed by atoms with Crippen LogP contribution in [0.15, 0.2) is 11.1 Å². The average molecular weight is 213 g/mol. The Morgan fingerprint density at radius 3 is 3.07 bits per heavy atom. The summed E-state index contributed by atoms with van der Waals surface area (Å²) in [5, 5.41) is 8.33. The van der Waals surface area contributed by atoms with Gasteiger partial charge in [0.05, 0.1) is 12.4 Å². The lowest BCUT2D eigenvalue weighted by Crippen LogP contribution is -2.23. The molecule has 0 radical (unpaired) electrons. The molecule has 0 amide bonds. The highest BCUT2D eigenvalue weighted by Crippen LogP contribution is 2.08. The molecule has 14 heavy (non-hydrogen) atoms. The van der Waals surface area contributed by atoms with Crippen molar-refractivity contribution in [2.75, 3.05) is 5.73 Å².